The molecule has 0 spiro atoms. The van der Waals surface area contributed by atoms with Gasteiger partial charge in [0, 0.05) is 12.2 Å². The Kier molecular flexibility index (Phi) is 5.86. The van der Waals surface area contributed by atoms with Gasteiger partial charge in [-0.05, 0) is 56.4 Å². The first-order valence-electron chi connectivity index (χ1n) is 10.6. The second-order valence-electron chi connectivity index (χ2n) is 8.93. The zero-order valence-corrected chi connectivity index (χ0v) is 19.6. The first kappa shape index (κ1) is 23.2. The van der Waals surface area contributed by atoms with Crippen molar-refractivity contribution in [2.24, 2.45) is 11.8 Å². The van der Waals surface area contributed by atoms with Crippen molar-refractivity contribution in [2.75, 3.05) is 18.6 Å². The van der Waals surface area contributed by atoms with E-state index in [1.54, 1.807) is 12.1 Å². The maximum atomic E-state index is 15.3. The maximum Gasteiger partial charge on any atom is 0.188 e. The fourth-order valence-corrected chi connectivity index (χ4v) is 8.50. The van der Waals surface area contributed by atoms with Gasteiger partial charge in [0.25, 0.3) is 0 Å². The number of aryl methyl sites for hydroxylation is 1. The van der Waals surface area contributed by atoms with E-state index in [9.17, 15) is 21.2 Å². The first-order chi connectivity index (χ1) is 15.0. The highest BCUT2D eigenvalue weighted by Gasteiger charge is 2.60. The standard InChI is InChI=1S/C23H26F2O5S2/c1-15-5-7-17(8-6-15)32(28,29)23-12-3-4-16(11-13-31(2,26)27)18(23)14-30-22-20(25)10-9-19(24)21(22)23/h5-10,16,18H,3-4,11-14H2,1-2H3/t16-,18-,23-/m0/s1. The molecule has 1 saturated carbocycles. The summed E-state index contributed by atoms with van der Waals surface area (Å²) in [5, 5.41) is 0. The molecular formula is C23H26F2O5S2. The molecule has 5 nitrogen and oxygen atoms in total. The summed E-state index contributed by atoms with van der Waals surface area (Å²) in [5.41, 5.74) is 0.607. The van der Waals surface area contributed by atoms with Crippen LogP contribution < -0.4 is 4.74 Å². The van der Waals surface area contributed by atoms with Crippen LogP contribution in [0.2, 0.25) is 0 Å². The normalized spacial score (nSPS) is 25.5. The predicted octanol–water partition coefficient (Wildman–Crippen LogP) is 4.19. The van der Waals surface area contributed by atoms with E-state index in [0.717, 1.165) is 24.0 Å². The van der Waals surface area contributed by atoms with Gasteiger partial charge < -0.3 is 4.74 Å². The van der Waals surface area contributed by atoms with Gasteiger partial charge in [-0.2, -0.15) is 0 Å². The Balaban J connectivity index is 1.95. The van der Waals surface area contributed by atoms with Crippen molar-refractivity contribution < 1.29 is 30.4 Å². The topological polar surface area (TPSA) is 77.5 Å². The van der Waals surface area contributed by atoms with Gasteiger partial charge in [0.1, 0.15) is 20.4 Å². The monoisotopic (exact) mass is 484 g/mol. The van der Waals surface area contributed by atoms with Crippen LogP contribution in [0.25, 0.3) is 0 Å². The van der Waals surface area contributed by atoms with Crippen LogP contribution in [0.1, 0.15) is 36.8 Å². The van der Waals surface area contributed by atoms with Crippen molar-refractivity contribution >= 4 is 19.7 Å². The molecule has 1 aliphatic heterocycles. The van der Waals surface area contributed by atoms with Crippen LogP contribution in [0.4, 0.5) is 8.78 Å². The van der Waals surface area contributed by atoms with Crippen LogP contribution in [0.15, 0.2) is 41.3 Å². The summed E-state index contributed by atoms with van der Waals surface area (Å²) in [6.45, 7) is 1.71. The number of rotatable bonds is 5. The minimum Gasteiger partial charge on any atom is -0.490 e. The molecule has 0 N–H and O–H groups in total. The van der Waals surface area contributed by atoms with Crippen molar-refractivity contribution in [1.29, 1.82) is 0 Å². The van der Waals surface area contributed by atoms with E-state index in [4.69, 9.17) is 4.74 Å². The van der Waals surface area contributed by atoms with Gasteiger partial charge in [-0.15, -0.1) is 0 Å². The Bertz CT molecular complexity index is 1240. The van der Waals surface area contributed by atoms with Crippen LogP contribution in [0.5, 0.6) is 5.75 Å². The number of hydrogen-bond donors (Lipinski definition) is 0. The van der Waals surface area contributed by atoms with Gasteiger partial charge in [-0.25, -0.2) is 25.6 Å². The molecule has 174 valence electrons. The molecule has 0 bridgehead atoms. The third-order valence-electron chi connectivity index (χ3n) is 6.85. The van der Waals surface area contributed by atoms with Gasteiger partial charge in [0.05, 0.1) is 22.8 Å². The molecule has 3 atom stereocenters. The first-order valence-corrected chi connectivity index (χ1v) is 14.1. The quantitative estimate of drug-likeness (QED) is 0.636. The lowest BCUT2D eigenvalue weighted by Crippen LogP contribution is -2.54. The average molecular weight is 485 g/mol. The molecule has 4 rings (SSSR count). The molecule has 0 radical (unpaired) electrons. The summed E-state index contributed by atoms with van der Waals surface area (Å²) in [6, 6.07) is 8.19. The SMILES string of the molecule is Cc1ccc(S(=O)(=O)[C@@]23CCC[C@@H](CCS(C)(=O)=O)[C@@H]2COc2c(F)ccc(F)c23)cc1. The Hall–Kier alpha value is -2.00. The molecule has 1 fully saturated rings. The molecule has 2 aromatic rings. The zero-order valence-electron chi connectivity index (χ0n) is 18.0. The Morgan fingerprint density at radius 2 is 1.69 bits per heavy atom. The van der Waals surface area contributed by atoms with Crippen molar-refractivity contribution in [3.05, 3.63) is 59.2 Å². The smallest absolute Gasteiger partial charge is 0.188 e. The zero-order chi connectivity index (χ0) is 23.3. The third kappa shape index (κ3) is 3.73. The van der Waals surface area contributed by atoms with Gasteiger partial charge in [-0.3, -0.25) is 0 Å². The maximum absolute atomic E-state index is 15.3. The molecule has 1 heterocycles. The lowest BCUT2D eigenvalue weighted by molar-refractivity contribution is 0.0735. The van der Waals surface area contributed by atoms with E-state index in [1.165, 1.54) is 12.1 Å². The van der Waals surface area contributed by atoms with Gasteiger partial charge in [0.2, 0.25) is 0 Å². The van der Waals surface area contributed by atoms with E-state index in [0.29, 0.717) is 12.8 Å². The summed E-state index contributed by atoms with van der Waals surface area (Å²) >= 11 is 0. The molecule has 32 heavy (non-hydrogen) atoms. The highest BCUT2D eigenvalue weighted by Crippen LogP contribution is 2.58. The predicted molar refractivity (Wildman–Crippen MR) is 117 cm³/mol. The van der Waals surface area contributed by atoms with Crippen molar-refractivity contribution in [1.82, 2.24) is 0 Å². The fraction of sp³-hybridized carbons (Fsp3) is 0.478. The highest BCUT2D eigenvalue weighted by molar-refractivity contribution is 7.92. The van der Waals surface area contributed by atoms with Crippen LogP contribution >= 0.6 is 0 Å². The lowest BCUT2D eigenvalue weighted by atomic mass is 9.66. The van der Waals surface area contributed by atoms with Crippen molar-refractivity contribution in [3.8, 4) is 5.75 Å². The molecule has 0 aromatic heterocycles. The van der Waals surface area contributed by atoms with E-state index in [-0.39, 0.29) is 47.3 Å². The van der Waals surface area contributed by atoms with Crippen LogP contribution in [-0.4, -0.2) is 35.5 Å². The molecule has 9 heteroatoms. The molecule has 0 unspecified atom stereocenters. The molecule has 2 aromatic carbocycles. The lowest BCUT2D eigenvalue weighted by Gasteiger charge is -2.50. The summed E-state index contributed by atoms with van der Waals surface area (Å²) < 4.78 is 85.7. The van der Waals surface area contributed by atoms with Crippen LogP contribution in [0, 0.1) is 30.4 Å². The number of sulfone groups is 2. The number of ether oxygens (including phenoxy) is 1. The molecule has 1 aliphatic carbocycles. The highest BCUT2D eigenvalue weighted by atomic mass is 32.2. The second kappa shape index (κ2) is 8.09. The van der Waals surface area contributed by atoms with Gasteiger partial charge >= 0.3 is 0 Å². The molecule has 0 amide bonds. The minimum absolute atomic E-state index is 0.0355. The van der Waals surface area contributed by atoms with Crippen LogP contribution in [-0.2, 0) is 24.4 Å². The third-order valence-corrected chi connectivity index (χ3v) is 10.4. The second-order valence-corrected chi connectivity index (χ2v) is 13.4. The van der Waals surface area contributed by atoms with Gasteiger partial charge in [-0.1, -0.05) is 24.1 Å². The van der Waals surface area contributed by atoms with Gasteiger partial charge in [0.15, 0.2) is 21.4 Å². The minimum atomic E-state index is -4.18. The number of halogens is 2. The van der Waals surface area contributed by atoms with E-state index in [1.807, 2.05) is 6.92 Å². The number of fused-ring (bicyclic) bond motifs is 3. The number of benzene rings is 2. The molecule has 2 aliphatic rings. The molecule has 0 saturated heterocycles. The van der Waals surface area contributed by atoms with E-state index >= 15 is 4.39 Å². The fourth-order valence-electron chi connectivity index (χ4n) is 5.32. The summed E-state index contributed by atoms with van der Waals surface area (Å²) in [7, 11) is -7.45. The van der Waals surface area contributed by atoms with Crippen LogP contribution in [0.3, 0.4) is 0 Å². The average Bonchev–Trinajstić information content (AvgIpc) is 2.73. The summed E-state index contributed by atoms with van der Waals surface area (Å²) in [6.07, 6.45) is 2.53. The Morgan fingerprint density at radius 1 is 1.03 bits per heavy atom. The van der Waals surface area contributed by atoms with E-state index < -0.39 is 42.0 Å². The summed E-state index contributed by atoms with van der Waals surface area (Å²) in [4.78, 5) is 0.0355. The Labute approximate surface area is 187 Å². The van der Waals surface area contributed by atoms with E-state index in [2.05, 4.69) is 0 Å². The Morgan fingerprint density at radius 3 is 2.34 bits per heavy atom. The molecular weight excluding hydrogens is 458 g/mol. The summed E-state index contributed by atoms with van der Waals surface area (Å²) in [5.74, 6) is -3.13. The number of hydrogen-bond acceptors (Lipinski definition) is 5. The largest absolute Gasteiger partial charge is 0.490 e. The van der Waals surface area contributed by atoms with Crippen molar-refractivity contribution in [2.45, 2.75) is 42.2 Å². The van der Waals surface area contributed by atoms with Crippen molar-refractivity contribution in [3.63, 3.8) is 0 Å².